The van der Waals surface area contributed by atoms with E-state index < -0.39 is 0 Å². The lowest BCUT2D eigenvalue weighted by molar-refractivity contribution is -0.118. The molecule has 4 aliphatic heterocycles. The molecule has 2 bridgehead atoms. The Morgan fingerprint density at radius 2 is 1.73 bits per heavy atom. The molecule has 13 nitrogen and oxygen atoms in total. The number of pyridine rings is 1. The van der Waals surface area contributed by atoms with Gasteiger partial charge in [-0.3, -0.25) is 24.4 Å². The molecular weight excluding hydrogens is 646 g/mol. The van der Waals surface area contributed by atoms with Gasteiger partial charge in [-0.15, -0.1) is 0 Å². The molecule has 4 fully saturated rings. The minimum Gasteiger partial charge on any atom is -0.379 e. The normalized spacial score (nSPS) is 22.6. The number of benzene rings is 1. The first-order valence-corrected chi connectivity index (χ1v) is 18.0. The zero-order valence-electron chi connectivity index (χ0n) is 28.9. The van der Waals surface area contributed by atoms with Crippen LogP contribution in [0.25, 0.3) is 22.3 Å². The van der Waals surface area contributed by atoms with Crippen LogP contribution < -0.4 is 15.5 Å². The van der Waals surface area contributed by atoms with Gasteiger partial charge < -0.3 is 30.0 Å². The van der Waals surface area contributed by atoms with Gasteiger partial charge in [-0.2, -0.15) is 0 Å². The number of ether oxygens (including phenoxy) is 2. The first-order chi connectivity index (χ1) is 25.0. The predicted octanol–water partition coefficient (Wildman–Crippen LogP) is 3.61. The number of aromatic nitrogens is 4. The van der Waals surface area contributed by atoms with Crippen LogP contribution in [0.4, 0.5) is 11.5 Å². The summed E-state index contributed by atoms with van der Waals surface area (Å²) in [6.45, 7) is 11.4. The summed E-state index contributed by atoms with van der Waals surface area (Å²) in [5.41, 5.74) is 5.36. The maximum Gasteiger partial charge on any atom is 0.274 e. The molecule has 51 heavy (non-hydrogen) atoms. The van der Waals surface area contributed by atoms with Crippen LogP contribution in [0.1, 0.15) is 41.7 Å². The molecule has 2 amide bonds. The fourth-order valence-corrected chi connectivity index (χ4v) is 7.85. The fraction of sp³-hybridized carbons (Fsp3) is 0.447. The third kappa shape index (κ3) is 7.52. The maximum absolute atomic E-state index is 13.3. The molecule has 0 unspecified atom stereocenters. The second kappa shape index (κ2) is 14.9. The van der Waals surface area contributed by atoms with E-state index in [1.165, 1.54) is 0 Å². The van der Waals surface area contributed by atoms with Gasteiger partial charge >= 0.3 is 0 Å². The standard InChI is InChI=1S/C38H45N9O4/c1-25(19-45-13-15-50-16-14-45)37(48)43-29-3-2-12-46(21-29)20-26-10-11-39-34(17-26)38(49)42-28-6-4-27(5-7-28)33-18-32-35(44-33)40-24-41-36(32)47-30-8-9-31(47)23-51-22-30/h4-7,10-11,17-18,24,29-31H,1-3,8-9,12-16,19-23H2,(H,42,49)(H,43,48)(H,40,41,44)/t29-,30-,31+/m1/s1. The maximum atomic E-state index is 13.3. The van der Waals surface area contributed by atoms with Crippen LogP contribution in [-0.4, -0.2) is 119 Å². The van der Waals surface area contributed by atoms with Gasteiger partial charge in [0.05, 0.1) is 43.9 Å². The zero-order valence-corrected chi connectivity index (χ0v) is 28.9. The summed E-state index contributed by atoms with van der Waals surface area (Å²) < 4.78 is 11.2. The van der Waals surface area contributed by atoms with Crippen molar-refractivity contribution in [2.24, 2.45) is 0 Å². The molecular formula is C38H45N9O4. The van der Waals surface area contributed by atoms with E-state index in [0.717, 1.165) is 98.7 Å². The van der Waals surface area contributed by atoms with Crippen LogP contribution in [0.5, 0.6) is 0 Å². The number of morpholine rings is 2. The number of nitrogens with zero attached hydrogens (tertiary/aromatic N) is 6. The number of anilines is 2. The number of piperidine rings is 1. The lowest BCUT2D eigenvalue weighted by Crippen LogP contribution is -2.48. The molecule has 1 aromatic carbocycles. The second-order valence-corrected chi connectivity index (χ2v) is 14.1. The van der Waals surface area contributed by atoms with Crippen LogP contribution in [0, 0.1) is 0 Å². The minimum absolute atomic E-state index is 0.0551. The van der Waals surface area contributed by atoms with Crippen LogP contribution in [0.3, 0.4) is 0 Å². The van der Waals surface area contributed by atoms with E-state index in [4.69, 9.17) is 9.47 Å². The zero-order chi connectivity index (χ0) is 34.7. The summed E-state index contributed by atoms with van der Waals surface area (Å²) in [7, 11) is 0. The lowest BCUT2D eigenvalue weighted by atomic mass is 10.0. The van der Waals surface area contributed by atoms with Gasteiger partial charge in [-0.1, -0.05) is 18.7 Å². The van der Waals surface area contributed by atoms with Crippen molar-refractivity contribution >= 4 is 34.4 Å². The molecule has 3 N–H and O–H groups in total. The van der Waals surface area contributed by atoms with E-state index in [0.29, 0.717) is 55.3 Å². The first-order valence-electron chi connectivity index (χ1n) is 18.0. The van der Waals surface area contributed by atoms with Crippen molar-refractivity contribution in [1.82, 2.24) is 35.1 Å². The van der Waals surface area contributed by atoms with Gasteiger partial charge in [0.25, 0.3) is 5.91 Å². The average molecular weight is 692 g/mol. The molecule has 0 spiro atoms. The average Bonchev–Trinajstić information content (AvgIpc) is 3.69. The van der Waals surface area contributed by atoms with Crippen LogP contribution in [0.15, 0.2) is 67.1 Å². The summed E-state index contributed by atoms with van der Waals surface area (Å²) in [5.74, 6) is 0.618. The van der Waals surface area contributed by atoms with Gasteiger partial charge in [0.1, 0.15) is 23.5 Å². The van der Waals surface area contributed by atoms with Gasteiger partial charge in [-0.05, 0) is 73.7 Å². The van der Waals surface area contributed by atoms with E-state index in [1.54, 1.807) is 12.5 Å². The Morgan fingerprint density at radius 1 is 0.922 bits per heavy atom. The highest BCUT2D eigenvalue weighted by atomic mass is 16.5. The van der Waals surface area contributed by atoms with Gasteiger partial charge in [-0.25, -0.2) is 9.97 Å². The Kier molecular flexibility index (Phi) is 9.76. The third-order valence-corrected chi connectivity index (χ3v) is 10.5. The fourth-order valence-electron chi connectivity index (χ4n) is 7.85. The molecule has 8 rings (SSSR count). The number of nitrogens with one attached hydrogen (secondary N) is 3. The first kappa shape index (κ1) is 33.5. The quantitative estimate of drug-likeness (QED) is 0.211. The van der Waals surface area contributed by atoms with Crippen molar-refractivity contribution in [2.45, 2.75) is 50.4 Å². The number of rotatable bonds is 10. The third-order valence-electron chi connectivity index (χ3n) is 10.5. The van der Waals surface area contributed by atoms with E-state index in [-0.39, 0.29) is 17.9 Å². The topological polar surface area (TPSA) is 141 Å². The SMILES string of the molecule is C=C(CN1CCOCC1)C(=O)N[C@@H]1CCCN(Cc2ccnc(C(=O)Nc3ccc(-c4cc5c(N6[C@@H]7CC[C@H]6COC7)ncnc5[nH]4)cc3)c2)C1. The molecule has 0 saturated carbocycles. The van der Waals surface area contributed by atoms with E-state index in [2.05, 4.69) is 57.9 Å². The number of hydrogen-bond acceptors (Lipinski definition) is 10. The Hall–Kier alpha value is -4.69. The summed E-state index contributed by atoms with van der Waals surface area (Å²) >= 11 is 0. The van der Waals surface area contributed by atoms with Crippen molar-refractivity contribution in [3.05, 3.63) is 78.4 Å². The van der Waals surface area contributed by atoms with Gasteiger partial charge in [0.2, 0.25) is 5.91 Å². The molecule has 3 atom stereocenters. The summed E-state index contributed by atoms with van der Waals surface area (Å²) in [6.07, 6.45) is 7.46. The van der Waals surface area contributed by atoms with Crippen molar-refractivity contribution in [2.75, 3.05) is 69.4 Å². The molecule has 4 saturated heterocycles. The van der Waals surface area contributed by atoms with Crippen molar-refractivity contribution in [3.63, 3.8) is 0 Å². The number of hydrogen-bond donors (Lipinski definition) is 3. The Morgan fingerprint density at radius 3 is 2.53 bits per heavy atom. The van der Waals surface area contributed by atoms with Crippen molar-refractivity contribution in [3.8, 4) is 11.3 Å². The number of carbonyl (C=O) groups excluding carboxylic acids is 2. The Balaban J connectivity index is 0.866. The summed E-state index contributed by atoms with van der Waals surface area (Å²) in [5, 5.41) is 7.20. The number of H-pyrrole nitrogens is 1. The number of fused-ring (bicyclic) bond motifs is 3. The van der Waals surface area contributed by atoms with Crippen molar-refractivity contribution in [1.29, 1.82) is 0 Å². The molecule has 266 valence electrons. The Labute approximate surface area is 297 Å². The van der Waals surface area contributed by atoms with Crippen LogP contribution in [-0.2, 0) is 20.8 Å². The monoisotopic (exact) mass is 691 g/mol. The highest BCUT2D eigenvalue weighted by Crippen LogP contribution is 2.37. The van der Waals surface area contributed by atoms with Crippen LogP contribution in [0.2, 0.25) is 0 Å². The largest absolute Gasteiger partial charge is 0.379 e. The lowest BCUT2D eigenvalue weighted by Gasteiger charge is -2.35. The highest BCUT2D eigenvalue weighted by molar-refractivity contribution is 6.03. The number of likely N-dealkylation sites (tertiary alicyclic amines) is 1. The van der Waals surface area contributed by atoms with Gasteiger partial charge in [0, 0.05) is 61.9 Å². The molecule has 4 aliphatic rings. The highest BCUT2D eigenvalue weighted by Gasteiger charge is 2.39. The number of aromatic amines is 1. The molecule has 0 radical (unpaired) electrons. The Bertz CT molecular complexity index is 1870. The van der Waals surface area contributed by atoms with Gasteiger partial charge in [0.15, 0.2) is 0 Å². The minimum atomic E-state index is -0.266. The molecule has 7 heterocycles. The molecule has 4 aromatic rings. The molecule has 13 heteroatoms. The number of amides is 2. The summed E-state index contributed by atoms with van der Waals surface area (Å²) in [4.78, 5) is 50.1. The van der Waals surface area contributed by atoms with E-state index >= 15 is 0 Å². The number of carbonyl (C=O) groups is 2. The van der Waals surface area contributed by atoms with Crippen molar-refractivity contribution < 1.29 is 19.1 Å². The predicted molar refractivity (Wildman–Crippen MR) is 194 cm³/mol. The summed E-state index contributed by atoms with van der Waals surface area (Å²) in [6, 6.07) is 14.4. The van der Waals surface area contributed by atoms with E-state index in [9.17, 15) is 9.59 Å². The molecule has 0 aliphatic carbocycles. The molecule has 3 aromatic heterocycles. The smallest absolute Gasteiger partial charge is 0.274 e. The second-order valence-electron chi connectivity index (χ2n) is 14.1. The van der Waals surface area contributed by atoms with Crippen LogP contribution >= 0.6 is 0 Å². The van der Waals surface area contributed by atoms with E-state index in [1.807, 2.05) is 36.4 Å².